The average Bonchev–Trinajstić information content (AvgIpc) is 2.65. The highest BCUT2D eigenvalue weighted by atomic mass is 79.9. The van der Waals surface area contributed by atoms with Crippen molar-refractivity contribution < 1.29 is 9.59 Å². The fourth-order valence-corrected chi connectivity index (χ4v) is 2.00. The molecule has 0 spiro atoms. The number of halogens is 1. The number of amides is 2. The van der Waals surface area contributed by atoms with Crippen LogP contribution in [0.5, 0.6) is 0 Å². The molecule has 0 radical (unpaired) electrons. The van der Waals surface area contributed by atoms with Crippen LogP contribution in [-0.4, -0.2) is 18.4 Å². The van der Waals surface area contributed by atoms with Crippen LogP contribution in [0.3, 0.4) is 0 Å². The van der Waals surface area contributed by atoms with E-state index < -0.39 is 0 Å². The van der Waals surface area contributed by atoms with Gasteiger partial charge in [-0.1, -0.05) is 22.0 Å². The Hall–Kier alpha value is -1.36. The van der Waals surface area contributed by atoms with Crippen LogP contribution in [-0.2, 0) is 9.59 Å². The smallest absolute Gasteiger partial charge is 0.229 e. The fourth-order valence-electron chi connectivity index (χ4n) is 1.60. The Labute approximate surface area is 102 Å². The van der Waals surface area contributed by atoms with Crippen LogP contribution >= 0.6 is 15.9 Å². The lowest BCUT2D eigenvalue weighted by molar-refractivity contribution is -0.123. The number of benzene rings is 1. The average molecular weight is 283 g/mol. The van der Waals surface area contributed by atoms with Gasteiger partial charge in [0.15, 0.2) is 0 Å². The Balaban J connectivity index is 1.99. The molecule has 0 saturated carbocycles. The molecular formula is C11H11BrN2O2. The van der Waals surface area contributed by atoms with E-state index in [-0.39, 0.29) is 24.2 Å². The molecule has 84 valence electrons. The van der Waals surface area contributed by atoms with E-state index in [1.165, 1.54) is 0 Å². The third-order valence-corrected chi connectivity index (χ3v) is 2.93. The van der Waals surface area contributed by atoms with E-state index in [0.29, 0.717) is 6.54 Å². The van der Waals surface area contributed by atoms with Gasteiger partial charge in [-0.3, -0.25) is 9.59 Å². The molecule has 0 aliphatic carbocycles. The summed E-state index contributed by atoms with van der Waals surface area (Å²) >= 11 is 3.33. The minimum atomic E-state index is -0.258. The molecule has 0 aromatic heterocycles. The van der Waals surface area contributed by atoms with Gasteiger partial charge in [-0.2, -0.15) is 0 Å². The Morgan fingerprint density at radius 1 is 1.50 bits per heavy atom. The second-order valence-corrected chi connectivity index (χ2v) is 4.62. The Kier molecular flexibility index (Phi) is 3.24. The van der Waals surface area contributed by atoms with Gasteiger partial charge in [0.1, 0.15) is 0 Å². The number of carbonyl (C=O) groups excluding carboxylic acids is 2. The van der Waals surface area contributed by atoms with Gasteiger partial charge in [0.25, 0.3) is 0 Å². The molecule has 1 heterocycles. The van der Waals surface area contributed by atoms with Crippen LogP contribution in [0, 0.1) is 5.92 Å². The molecule has 1 aromatic carbocycles. The lowest BCUT2D eigenvalue weighted by Gasteiger charge is -2.09. The highest BCUT2D eigenvalue weighted by Crippen LogP contribution is 2.17. The number of carbonyl (C=O) groups is 2. The van der Waals surface area contributed by atoms with Crippen LogP contribution in [0.1, 0.15) is 6.42 Å². The van der Waals surface area contributed by atoms with E-state index in [4.69, 9.17) is 0 Å². The van der Waals surface area contributed by atoms with E-state index in [1.54, 1.807) is 0 Å². The molecular weight excluding hydrogens is 272 g/mol. The summed E-state index contributed by atoms with van der Waals surface area (Å²) in [5.41, 5.74) is 0.735. The molecule has 5 heteroatoms. The summed E-state index contributed by atoms with van der Waals surface area (Å²) in [7, 11) is 0. The van der Waals surface area contributed by atoms with Gasteiger partial charge in [-0.25, -0.2) is 0 Å². The number of rotatable bonds is 2. The van der Waals surface area contributed by atoms with Crippen molar-refractivity contribution in [3.8, 4) is 0 Å². The lowest BCUT2D eigenvalue weighted by atomic mass is 10.1. The first-order valence-electron chi connectivity index (χ1n) is 4.98. The highest BCUT2D eigenvalue weighted by molar-refractivity contribution is 9.10. The third kappa shape index (κ3) is 2.61. The van der Waals surface area contributed by atoms with Crippen LogP contribution in [0.25, 0.3) is 0 Å². The second-order valence-electron chi connectivity index (χ2n) is 3.70. The van der Waals surface area contributed by atoms with E-state index in [2.05, 4.69) is 26.6 Å². The van der Waals surface area contributed by atoms with E-state index in [9.17, 15) is 9.59 Å². The molecule has 16 heavy (non-hydrogen) atoms. The maximum Gasteiger partial charge on any atom is 0.229 e. The minimum Gasteiger partial charge on any atom is -0.355 e. The summed E-state index contributed by atoms with van der Waals surface area (Å²) in [6.45, 7) is 0.429. The molecule has 2 N–H and O–H groups in total. The standard InChI is InChI=1S/C11H11BrN2O2/c12-8-2-1-3-9(5-8)14-11(16)7-4-10(15)13-6-7/h1-3,5,7H,4,6H2,(H,13,15)(H,14,16). The summed E-state index contributed by atoms with van der Waals surface area (Å²) in [5, 5.41) is 5.42. The van der Waals surface area contributed by atoms with Crippen molar-refractivity contribution >= 4 is 33.4 Å². The van der Waals surface area contributed by atoms with Crippen molar-refractivity contribution in [2.45, 2.75) is 6.42 Å². The molecule has 2 amide bonds. The van der Waals surface area contributed by atoms with Gasteiger partial charge in [0, 0.05) is 23.1 Å². The first-order chi connectivity index (χ1) is 7.65. The Morgan fingerprint density at radius 2 is 2.31 bits per heavy atom. The lowest BCUT2D eigenvalue weighted by Crippen LogP contribution is -2.24. The molecule has 0 bridgehead atoms. The summed E-state index contributed by atoms with van der Waals surface area (Å²) < 4.78 is 0.908. The fraction of sp³-hybridized carbons (Fsp3) is 0.273. The summed E-state index contributed by atoms with van der Waals surface area (Å²) in [5.74, 6) is -0.433. The Morgan fingerprint density at radius 3 is 2.94 bits per heavy atom. The van der Waals surface area contributed by atoms with Gasteiger partial charge in [0.2, 0.25) is 11.8 Å². The van der Waals surface area contributed by atoms with E-state index >= 15 is 0 Å². The van der Waals surface area contributed by atoms with Crippen molar-refractivity contribution in [2.75, 3.05) is 11.9 Å². The Bertz CT molecular complexity index is 434. The monoisotopic (exact) mass is 282 g/mol. The van der Waals surface area contributed by atoms with Gasteiger partial charge >= 0.3 is 0 Å². The molecule has 2 rings (SSSR count). The van der Waals surface area contributed by atoms with Crippen LogP contribution < -0.4 is 10.6 Å². The molecule has 1 aromatic rings. The van der Waals surface area contributed by atoms with Crippen molar-refractivity contribution in [1.82, 2.24) is 5.32 Å². The van der Waals surface area contributed by atoms with Gasteiger partial charge in [-0.15, -0.1) is 0 Å². The van der Waals surface area contributed by atoms with Gasteiger partial charge in [-0.05, 0) is 18.2 Å². The summed E-state index contributed by atoms with van der Waals surface area (Å²) in [4.78, 5) is 22.7. The topological polar surface area (TPSA) is 58.2 Å². The molecule has 1 unspecified atom stereocenters. The zero-order valence-corrected chi connectivity index (χ0v) is 10.1. The second kappa shape index (κ2) is 4.65. The highest BCUT2D eigenvalue weighted by Gasteiger charge is 2.27. The number of anilines is 1. The summed E-state index contributed by atoms with van der Waals surface area (Å²) in [6.07, 6.45) is 0.278. The SMILES string of the molecule is O=C1CC(C(=O)Nc2cccc(Br)c2)CN1. The van der Waals surface area contributed by atoms with Crippen molar-refractivity contribution in [2.24, 2.45) is 5.92 Å². The minimum absolute atomic E-state index is 0.0607. The predicted molar refractivity (Wildman–Crippen MR) is 63.9 cm³/mol. The van der Waals surface area contributed by atoms with Crippen molar-refractivity contribution in [3.05, 3.63) is 28.7 Å². The van der Waals surface area contributed by atoms with E-state index in [0.717, 1.165) is 10.2 Å². The van der Waals surface area contributed by atoms with Crippen LogP contribution in [0.15, 0.2) is 28.7 Å². The quantitative estimate of drug-likeness (QED) is 0.864. The molecule has 1 saturated heterocycles. The maximum absolute atomic E-state index is 11.8. The number of hydrogen-bond donors (Lipinski definition) is 2. The largest absolute Gasteiger partial charge is 0.355 e. The first-order valence-corrected chi connectivity index (χ1v) is 5.77. The zero-order chi connectivity index (χ0) is 11.5. The van der Waals surface area contributed by atoms with Crippen LogP contribution in [0.4, 0.5) is 5.69 Å². The molecule has 1 atom stereocenters. The summed E-state index contributed by atoms with van der Waals surface area (Å²) in [6, 6.07) is 7.36. The normalized spacial score (nSPS) is 19.3. The third-order valence-electron chi connectivity index (χ3n) is 2.44. The van der Waals surface area contributed by atoms with Crippen LogP contribution in [0.2, 0.25) is 0 Å². The van der Waals surface area contributed by atoms with Crippen molar-refractivity contribution in [1.29, 1.82) is 0 Å². The zero-order valence-electron chi connectivity index (χ0n) is 8.50. The molecule has 4 nitrogen and oxygen atoms in total. The molecule has 1 aliphatic rings. The molecule has 1 aliphatic heterocycles. The van der Waals surface area contributed by atoms with E-state index in [1.807, 2.05) is 24.3 Å². The molecule has 1 fully saturated rings. The predicted octanol–water partition coefficient (Wildman–Crippen LogP) is 1.52. The maximum atomic E-state index is 11.8. The first kappa shape index (κ1) is 11.1. The van der Waals surface area contributed by atoms with Crippen molar-refractivity contribution in [3.63, 3.8) is 0 Å². The number of hydrogen-bond acceptors (Lipinski definition) is 2. The van der Waals surface area contributed by atoms with Gasteiger partial charge in [0.05, 0.1) is 5.92 Å². The van der Waals surface area contributed by atoms with Gasteiger partial charge < -0.3 is 10.6 Å². The number of nitrogens with one attached hydrogen (secondary N) is 2.